The van der Waals surface area contributed by atoms with E-state index in [0.717, 1.165) is 0 Å². The Balaban J connectivity index is 1.60. The molecule has 3 aromatic rings. The molecule has 0 aliphatic heterocycles. The summed E-state index contributed by atoms with van der Waals surface area (Å²) in [6, 6.07) is 12.7. The number of benzene rings is 2. The fourth-order valence-electron chi connectivity index (χ4n) is 2.58. The molecule has 1 N–H and O–H groups in total. The summed E-state index contributed by atoms with van der Waals surface area (Å²) in [6.07, 6.45) is 0. The van der Waals surface area contributed by atoms with Crippen molar-refractivity contribution in [1.29, 1.82) is 0 Å². The summed E-state index contributed by atoms with van der Waals surface area (Å²) in [7, 11) is 0. The summed E-state index contributed by atoms with van der Waals surface area (Å²) in [4.78, 5) is 29.1. The van der Waals surface area contributed by atoms with Crippen molar-refractivity contribution in [2.24, 2.45) is 0 Å². The predicted octanol–water partition coefficient (Wildman–Crippen LogP) is 5.31. The summed E-state index contributed by atoms with van der Waals surface area (Å²) in [6.45, 7) is 1.17. The van der Waals surface area contributed by atoms with Gasteiger partial charge in [0.15, 0.2) is 6.61 Å². The molecule has 3 rings (SSSR count). The van der Waals surface area contributed by atoms with Gasteiger partial charge in [-0.2, -0.15) is 8.78 Å². The molecule has 0 aliphatic carbocycles. The largest absolute Gasteiger partial charge is 0.452 e. The SMILES string of the molecule is Cc1nc2ccc(Cl)cc2cc1C(=O)OCC(=O)Nc1ccc(SC(F)F)cc1. The van der Waals surface area contributed by atoms with Gasteiger partial charge < -0.3 is 10.1 Å². The van der Waals surface area contributed by atoms with E-state index in [2.05, 4.69) is 10.3 Å². The molecule has 0 fully saturated rings. The number of aromatic nitrogens is 1. The number of rotatable bonds is 6. The van der Waals surface area contributed by atoms with Crippen LogP contribution in [-0.4, -0.2) is 29.2 Å². The topological polar surface area (TPSA) is 68.3 Å². The van der Waals surface area contributed by atoms with E-state index in [9.17, 15) is 18.4 Å². The third-order valence-electron chi connectivity index (χ3n) is 3.88. The van der Waals surface area contributed by atoms with Crippen LogP contribution >= 0.6 is 23.4 Å². The van der Waals surface area contributed by atoms with Crippen LogP contribution in [0.2, 0.25) is 5.02 Å². The number of aryl methyl sites for hydroxylation is 1. The summed E-state index contributed by atoms with van der Waals surface area (Å²) >= 11 is 6.38. The van der Waals surface area contributed by atoms with Gasteiger partial charge in [-0.15, -0.1) is 0 Å². The minimum atomic E-state index is -2.51. The maximum Gasteiger partial charge on any atom is 0.340 e. The Bertz CT molecular complexity index is 1060. The minimum absolute atomic E-state index is 0.237. The fourth-order valence-corrected chi connectivity index (χ4v) is 3.26. The van der Waals surface area contributed by atoms with Crippen LogP contribution in [0.1, 0.15) is 16.1 Å². The first-order valence-electron chi connectivity index (χ1n) is 8.40. The Kier molecular flexibility index (Phi) is 6.66. The maximum absolute atomic E-state index is 12.3. The molecular formula is C20H15ClF2N2O3S. The molecule has 0 unspecified atom stereocenters. The first-order valence-corrected chi connectivity index (χ1v) is 9.66. The number of alkyl halides is 2. The molecule has 29 heavy (non-hydrogen) atoms. The number of carbonyl (C=O) groups excluding carboxylic acids is 2. The van der Waals surface area contributed by atoms with Gasteiger partial charge in [0.05, 0.1) is 16.8 Å². The van der Waals surface area contributed by atoms with Crippen LogP contribution < -0.4 is 5.32 Å². The molecule has 150 valence electrons. The molecule has 0 atom stereocenters. The van der Waals surface area contributed by atoms with Crippen LogP contribution in [0, 0.1) is 6.92 Å². The van der Waals surface area contributed by atoms with E-state index < -0.39 is 24.2 Å². The molecule has 5 nitrogen and oxygen atoms in total. The molecule has 0 bridgehead atoms. The maximum atomic E-state index is 12.3. The molecule has 0 saturated heterocycles. The van der Waals surface area contributed by atoms with Crippen molar-refractivity contribution in [3.05, 3.63) is 64.8 Å². The van der Waals surface area contributed by atoms with E-state index in [1.807, 2.05) is 0 Å². The van der Waals surface area contributed by atoms with E-state index in [1.165, 1.54) is 24.3 Å². The summed E-state index contributed by atoms with van der Waals surface area (Å²) in [5.74, 6) is -3.75. The minimum Gasteiger partial charge on any atom is -0.452 e. The number of hydrogen-bond acceptors (Lipinski definition) is 5. The highest BCUT2D eigenvalue weighted by Crippen LogP contribution is 2.26. The van der Waals surface area contributed by atoms with Gasteiger partial charge >= 0.3 is 5.97 Å². The Labute approximate surface area is 174 Å². The van der Waals surface area contributed by atoms with Gasteiger partial charge in [0.2, 0.25) is 0 Å². The van der Waals surface area contributed by atoms with Gasteiger partial charge in [0, 0.05) is 21.0 Å². The lowest BCUT2D eigenvalue weighted by Gasteiger charge is -2.09. The third kappa shape index (κ3) is 5.65. The average molecular weight is 437 g/mol. The highest BCUT2D eigenvalue weighted by molar-refractivity contribution is 7.99. The Morgan fingerprint density at radius 1 is 1.17 bits per heavy atom. The predicted molar refractivity (Wildman–Crippen MR) is 109 cm³/mol. The first kappa shape index (κ1) is 21.0. The second kappa shape index (κ2) is 9.19. The molecule has 9 heteroatoms. The summed E-state index contributed by atoms with van der Waals surface area (Å²) in [5.41, 5.74) is 1.80. The van der Waals surface area contributed by atoms with Gasteiger partial charge in [0.25, 0.3) is 11.7 Å². The number of amides is 1. The van der Waals surface area contributed by atoms with Crippen LogP contribution in [0.4, 0.5) is 14.5 Å². The van der Waals surface area contributed by atoms with E-state index in [-0.39, 0.29) is 5.56 Å². The number of fused-ring (bicyclic) bond motifs is 1. The second-order valence-corrected chi connectivity index (χ2v) is 7.49. The quantitative estimate of drug-likeness (QED) is 0.419. The average Bonchev–Trinajstić information content (AvgIpc) is 2.67. The molecule has 1 amide bonds. The van der Waals surface area contributed by atoms with Crippen molar-refractivity contribution in [1.82, 2.24) is 4.98 Å². The highest BCUT2D eigenvalue weighted by Gasteiger charge is 2.15. The zero-order valence-electron chi connectivity index (χ0n) is 15.1. The molecule has 2 aromatic carbocycles. The Morgan fingerprint density at radius 2 is 1.90 bits per heavy atom. The number of anilines is 1. The zero-order valence-corrected chi connectivity index (χ0v) is 16.7. The number of esters is 1. The molecule has 0 saturated carbocycles. The van der Waals surface area contributed by atoms with Crippen molar-refractivity contribution in [3.63, 3.8) is 0 Å². The van der Waals surface area contributed by atoms with Gasteiger partial charge in [0.1, 0.15) is 0 Å². The third-order valence-corrected chi connectivity index (χ3v) is 4.84. The van der Waals surface area contributed by atoms with Crippen molar-refractivity contribution in [3.8, 4) is 0 Å². The number of hydrogen-bond donors (Lipinski definition) is 1. The number of halogens is 3. The van der Waals surface area contributed by atoms with Crippen molar-refractivity contribution < 1.29 is 23.1 Å². The molecule has 0 spiro atoms. The first-order chi connectivity index (χ1) is 13.8. The monoisotopic (exact) mass is 436 g/mol. The van der Waals surface area contributed by atoms with Gasteiger partial charge in [-0.1, -0.05) is 23.4 Å². The molecule has 0 radical (unpaired) electrons. The lowest BCUT2D eigenvalue weighted by Crippen LogP contribution is -2.21. The van der Waals surface area contributed by atoms with Crippen LogP contribution in [0.15, 0.2) is 53.4 Å². The second-order valence-electron chi connectivity index (χ2n) is 5.99. The molecule has 0 aliphatic rings. The lowest BCUT2D eigenvalue weighted by atomic mass is 10.1. The van der Waals surface area contributed by atoms with Gasteiger partial charge in [-0.3, -0.25) is 9.78 Å². The van der Waals surface area contributed by atoms with E-state index in [0.29, 0.717) is 44.0 Å². The highest BCUT2D eigenvalue weighted by atomic mass is 35.5. The van der Waals surface area contributed by atoms with Crippen molar-refractivity contribution >= 4 is 51.8 Å². The van der Waals surface area contributed by atoms with Crippen molar-refractivity contribution in [2.75, 3.05) is 11.9 Å². The standard InChI is InChI=1S/C20H15ClF2N2O3S/c1-11-16(9-12-8-13(21)2-7-17(12)24-11)19(27)28-10-18(26)25-14-3-5-15(6-4-14)29-20(22)23/h2-9,20H,10H2,1H3,(H,25,26). The van der Waals surface area contributed by atoms with Crippen LogP contribution in [0.5, 0.6) is 0 Å². The van der Waals surface area contributed by atoms with E-state index >= 15 is 0 Å². The number of pyridine rings is 1. The number of carbonyl (C=O) groups is 2. The molecule has 1 heterocycles. The van der Waals surface area contributed by atoms with Crippen molar-refractivity contribution in [2.45, 2.75) is 17.6 Å². The number of nitrogens with one attached hydrogen (secondary N) is 1. The Hall–Kier alpha value is -2.71. The van der Waals surface area contributed by atoms with E-state index in [1.54, 1.807) is 31.2 Å². The summed E-state index contributed by atoms with van der Waals surface area (Å²) < 4.78 is 29.7. The van der Waals surface area contributed by atoms with Gasteiger partial charge in [-0.25, -0.2) is 4.79 Å². The van der Waals surface area contributed by atoms with Crippen LogP contribution in [-0.2, 0) is 9.53 Å². The molecule has 1 aromatic heterocycles. The fraction of sp³-hybridized carbons (Fsp3) is 0.150. The smallest absolute Gasteiger partial charge is 0.340 e. The van der Waals surface area contributed by atoms with E-state index in [4.69, 9.17) is 16.3 Å². The molecular weight excluding hydrogens is 422 g/mol. The number of ether oxygens (including phenoxy) is 1. The number of nitrogens with zero attached hydrogens (tertiary/aromatic N) is 1. The Morgan fingerprint density at radius 3 is 2.59 bits per heavy atom. The van der Waals surface area contributed by atoms with Crippen LogP contribution in [0.3, 0.4) is 0 Å². The lowest BCUT2D eigenvalue weighted by molar-refractivity contribution is -0.119. The normalized spacial score (nSPS) is 10.9. The summed E-state index contributed by atoms with van der Waals surface area (Å²) in [5, 5.41) is 3.73. The van der Waals surface area contributed by atoms with Crippen LogP contribution in [0.25, 0.3) is 10.9 Å². The zero-order chi connectivity index (χ0) is 21.0. The van der Waals surface area contributed by atoms with Gasteiger partial charge in [-0.05, 0) is 55.5 Å². The number of thioether (sulfide) groups is 1.